The van der Waals surface area contributed by atoms with Gasteiger partial charge < -0.3 is 9.47 Å². The first kappa shape index (κ1) is 14.0. The Kier molecular flexibility index (Phi) is 5.77. The first-order valence-electron chi connectivity index (χ1n) is 6.85. The molecule has 0 aromatic carbocycles. The molecule has 0 N–H and O–H groups in total. The maximum atomic E-state index is 6.05. The lowest BCUT2D eigenvalue weighted by Gasteiger charge is -2.37. The zero-order valence-corrected chi connectivity index (χ0v) is 11.5. The van der Waals surface area contributed by atoms with Gasteiger partial charge in [0.25, 0.3) is 0 Å². The Labute approximate surface area is 101 Å². The summed E-state index contributed by atoms with van der Waals surface area (Å²) in [6, 6.07) is 0. The third kappa shape index (κ3) is 3.74. The normalized spacial score (nSPS) is 33.0. The highest BCUT2D eigenvalue weighted by molar-refractivity contribution is 4.79. The van der Waals surface area contributed by atoms with Crippen molar-refractivity contribution in [3.05, 3.63) is 0 Å². The summed E-state index contributed by atoms with van der Waals surface area (Å²) in [6.45, 7) is 12.0. The zero-order chi connectivity index (χ0) is 12.1. The molecule has 1 aliphatic heterocycles. The SMILES string of the molecule is CCC1COC(CC(C)C(C)C)C(CC)O1. The molecule has 1 saturated heterocycles. The van der Waals surface area contributed by atoms with Crippen LogP contribution < -0.4 is 0 Å². The summed E-state index contributed by atoms with van der Waals surface area (Å²) >= 11 is 0. The van der Waals surface area contributed by atoms with Crippen molar-refractivity contribution in [3.63, 3.8) is 0 Å². The lowest BCUT2D eigenvalue weighted by atomic mass is 9.89. The van der Waals surface area contributed by atoms with E-state index >= 15 is 0 Å². The molecule has 0 spiro atoms. The van der Waals surface area contributed by atoms with Gasteiger partial charge >= 0.3 is 0 Å². The first-order valence-corrected chi connectivity index (χ1v) is 6.85. The van der Waals surface area contributed by atoms with Gasteiger partial charge in [0.1, 0.15) is 0 Å². The summed E-state index contributed by atoms with van der Waals surface area (Å²) in [5.41, 5.74) is 0. The molecule has 1 aliphatic rings. The second-order valence-corrected chi connectivity index (χ2v) is 5.44. The van der Waals surface area contributed by atoms with Gasteiger partial charge in [0, 0.05) is 0 Å². The lowest BCUT2D eigenvalue weighted by Crippen LogP contribution is -2.44. The minimum absolute atomic E-state index is 0.305. The van der Waals surface area contributed by atoms with Crippen molar-refractivity contribution in [2.45, 2.75) is 72.2 Å². The van der Waals surface area contributed by atoms with Crippen LogP contribution in [0.5, 0.6) is 0 Å². The molecule has 1 heterocycles. The van der Waals surface area contributed by atoms with Crippen molar-refractivity contribution >= 4 is 0 Å². The molecule has 0 radical (unpaired) electrons. The van der Waals surface area contributed by atoms with E-state index in [1.807, 2.05) is 0 Å². The van der Waals surface area contributed by atoms with Crippen molar-refractivity contribution in [1.82, 2.24) is 0 Å². The van der Waals surface area contributed by atoms with Gasteiger partial charge in [-0.15, -0.1) is 0 Å². The van der Waals surface area contributed by atoms with Gasteiger partial charge in [0.15, 0.2) is 0 Å². The molecule has 1 rings (SSSR count). The van der Waals surface area contributed by atoms with Crippen LogP contribution in [-0.4, -0.2) is 24.9 Å². The van der Waals surface area contributed by atoms with E-state index in [2.05, 4.69) is 34.6 Å². The Morgan fingerprint density at radius 1 is 1.06 bits per heavy atom. The van der Waals surface area contributed by atoms with Crippen molar-refractivity contribution in [2.75, 3.05) is 6.61 Å². The van der Waals surface area contributed by atoms with E-state index in [9.17, 15) is 0 Å². The average Bonchev–Trinajstić information content (AvgIpc) is 2.29. The molecule has 0 aromatic heterocycles. The van der Waals surface area contributed by atoms with Crippen LogP contribution >= 0.6 is 0 Å². The summed E-state index contributed by atoms with van der Waals surface area (Å²) in [5.74, 6) is 1.44. The molecular formula is C14H28O2. The molecule has 0 bridgehead atoms. The molecular weight excluding hydrogens is 200 g/mol. The summed E-state index contributed by atoms with van der Waals surface area (Å²) in [5, 5.41) is 0. The number of hydrogen-bond acceptors (Lipinski definition) is 2. The number of ether oxygens (including phenoxy) is 2. The fraction of sp³-hybridized carbons (Fsp3) is 1.00. The van der Waals surface area contributed by atoms with Crippen LogP contribution in [0.4, 0.5) is 0 Å². The van der Waals surface area contributed by atoms with Crippen LogP contribution in [0.15, 0.2) is 0 Å². The third-order valence-corrected chi connectivity index (χ3v) is 3.88. The molecule has 4 unspecified atom stereocenters. The third-order valence-electron chi connectivity index (χ3n) is 3.88. The van der Waals surface area contributed by atoms with E-state index in [1.54, 1.807) is 0 Å². The predicted octanol–water partition coefficient (Wildman–Crippen LogP) is 3.64. The highest BCUT2D eigenvalue weighted by Gasteiger charge is 2.31. The Bertz CT molecular complexity index is 191. The Hall–Kier alpha value is -0.0800. The molecule has 0 aromatic rings. The maximum absolute atomic E-state index is 6.05. The Morgan fingerprint density at radius 2 is 1.75 bits per heavy atom. The second kappa shape index (κ2) is 6.61. The first-order chi connectivity index (χ1) is 7.58. The topological polar surface area (TPSA) is 18.5 Å². The van der Waals surface area contributed by atoms with Gasteiger partial charge in [-0.25, -0.2) is 0 Å². The van der Waals surface area contributed by atoms with Gasteiger partial charge in [-0.05, 0) is 31.1 Å². The molecule has 0 saturated carbocycles. The largest absolute Gasteiger partial charge is 0.373 e. The van der Waals surface area contributed by atoms with Gasteiger partial charge in [-0.2, -0.15) is 0 Å². The van der Waals surface area contributed by atoms with Crippen molar-refractivity contribution in [2.24, 2.45) is 11.8 Å². The Balaban J connectivity index is 2.46. The van der Waals surface area contributed by atoms with Crippen molar-refractivity contribution in [3.8, 4) is 0 Å². The van der Waals surface area contributed by atoms with E-state index < -0.39 is 0 Å². The second-order valence-electron chi connectivity index (χ2n) is 5.44. The van der Waals surface area contributed by atoms with Crippen LogP contribution in [0.25, 0.3) is 0 Å². The van der Waals surface area contributed by atoms with Crippen LogP contribution in [0.1, 0.15) is 53.9 Å². The predicted molar refractivity (Wildman–Crippen MR) is 67.6 cm³/mol. The average molecular weight is 228 g/mol. The minimum Gasteiger partial charge on any atom is -0.373 e. The van der Waals surface area contributed by atoms with E-state index in [0.717, 1.165) is 31.8 Å². The molecule has 2 heteroatoms. The van der Waals surface area contributed by atoms with Gasteiger partial charge in [0.05, 0.1) is 24.9 Å². The highest BCUT2D eigenvalue weighted by atomic mass is 16.6. The summed E-state index contributed by atoms with van der Waals surface area (Å²) in [6.07, 6.45) is 4.18. The lowest BCUT2D eigenvalue weighted by molar-refractivity contribution is -0.186. The summed E-state index contributed by atoms with van der Waals surface area (Å²) in [7, 11) is 0. The monoisotopic (exact) mass is 228 g/mol. The quantitative estimate of drug-likeness (QED) is 0.715. The molecule has 16 heavy (non-hydrogen) atoms. The molecule has 96 valence electrons. The van der Waals surface area contributed by atoms with Crippen LogP contribution in [0.3, 0.4) is 0 Å². The zero-order valence-electron chi connectivity index (χ0n) is 11.5. The van der Waals surface area contributed by atoms with Crippen LogP contribution in [0, 0.1) is 11.8 Å². The number of hydrogen-bond donors (Lipinski definition) is 0. The number of rotatable bonds is 5. The fourth-order valence-electron chi connectivity index (χ4n) is 2.14. The fourth-order valence-corrected chi connectivity index (χ4v) is 2.14. The van der Waals surface area contributed by atoms with Gasteiger partial charge in [-0.1, -0.05) is 34.6 Å². The molecule has 0 aliphatic carbocycles. The smallest absolute Gasteiger partial charge is 0.0840 e. The van der Waals surface area contributed by atoms with E-state index in [-0.39, 0.29) is 0 Å². The van der Waals surface area contributed by atoms with Gasteiger partial charge in [0.2, 0.25) is 0 Å². The van der Waals surface area contributed by atoms with Gasteiger partial charge in [-0.3, -0.25) is 0 Å². The van der Waals surface area contributed by atoms with Crippen LogP contribution in [-0.2, 0) is 9.47 Å². The highest BCUT2D eigenvalue weighted by Crippen LogP contribution is 2.26. The van der Waals surface area contributed by atoms with E-state index in [1.165, 1.54) is 0 Å². The Morgan fingerprint density at radius 3 is 2.25 bits per heavy atom. The van der Waals surface area contributed by atoms with Crippen LogP contribution in [0.2, 0.25) is 0 Å². The maximum Gasteiger partial charge on any atom is 0.0840 e. The molecule has 1 fully saturated rings. The summed E-state index contributed by atoms with van der Waals surface area (Å²) < 4.78 is 12.0. The van der Waals surface area contributed by atoms with E-state index in [0.29, 0.717) is 24.2 Å². The molecule has 2 nitrogen and oxygen atoms in total. The standard InChI is InChI=1S/C14H28O2/c1-6-12-9-15-14(13(7-2)16-12)8-11(5)10(3)4/h10-14H,6-9H2,1-5H3. The molecule has 4 atom stereocenters. The summed E-state index contributed by atoms with van der Waals surface area (Å²) in [4.78, 5) is 0. The molecule has 0 amide bonds. The van der Waals surface area contributed by atoms with E-state index in [4.69, 9.17) is 9.47 Å². The minimum atomic E-state index is 0.305. The van der Waals surface area contributed by atoms with Crippen molar-refractivity contribution in [1.29, 1.82) is 0 Å². The van der Waals surface area contributed by atoms with Crippen molar-refractivity contribution < 1.29 is 9.47 Å².